The topological polar surface area (TPSA) is 20.3 Å². The fraction of sp³-hybridized carbons (Fsp3) is 0.500. The van der Waals surface area contributed by atoms with Gasteiger partial charge in [0.1, 0.15) is 5.37 Å². The minimum atomic E-state index is -0.976. The summed E-state index contributed by atoms with van der Waals surface area (Å²) >= 11 is 13.1. The van der Waals surface area contributed by atoms with Crippen molar-refractivity contribution in [1.82, 2.24) is 4.90 Å². The van der Waals surface area contributed by atoms with Gasteiger partial charge in [-0.2, -0.15) is 0 Å². The third-order valence-electron chi connectivity index (χ3n) is 3.25. The Labute approximate surface area is 128 Å². The van der Waals surface area contributed by atoms with E-state index in [0.717, 1.165) is 11.3 Å². The Bertz CT molecular complexity index is 447. The molecular formula is C14H17Cl2NOS. The summed E-state index contributed by atoms with van der Waals surface area (Å²) in [7, 11) is 0. The lowest BCUT2D eigenvalue weighted by molar-refractivity contribution is -0.129. The fourth-order valence-electron chi connectivity index (χ4n) is 2.14. The molecule has 1 atom stereocenters. The van der Waals surface area contributed by atoms with Gasteiger partial charge in [0, 0.05) is 12.3 Å². The summed E-state index contributed by atoms with van der Waals surface area (Å²) in [5, 5.41) is 0.0358. The number of halogens is 2. The Kier molecular flexibility index (Phi) is 5.04. The molecule has 2 rings (SSSR count). The molecule has 0 unspecified atom stereocenters. The van der Waals surface area contributed by atoms with E-state index in [1.807, 2.05) is 0 Å². The van der Waals surface area contributed by atoms with Crippen molar-refractivity contribution in [3.8, 4) is 0 Å². The van der Waals surface area contributed by atoms with Crippen LogP contribution in [0.1, 0.15) is 36.3 Å². The predicted molar refractivity (Wildman–Crippen MR) is 82.9 cm³/mol. The molecule has 1 fully saturated rings. The van der Waals surface area contributed by atoms with Crippen LogP contribution in [0.2, 0.25) is 0 Å². The minimum Gasteiger partial charge on any atom is -0.323 e. The van der Waals surface area contributed by atoms with Gasteiger partial charge in [0.05, 0.1) is 0 Å². The first-order valence-electron chi connectivity index (χ1n) is 6.31. The van der Waals surface area contributed by atoms with Crippen LogP contribution < -0.4 is 0 Å². The monoisotopic (exact) mass is 317 g/mol. The van der Waals surface area contributed by atoms with E-state index in [1.165, 1.54) is 5.56 Å². The first kappa shape index (κ1) is 15.0. The summed E-state index contributed by atoms with van der Waals surface area (Å²) < 4.78 is 0. The molecule has 0 radical (unpaired) electrons. The molecule has 1 amide bonds. The second-order valence-electron chi connectivity index (χ2n) is 4.88. The van der Waals surface area contributed by atoms with E-state index in [9.17, 15) is 4.79 Å². The number of hydrogen-bond acceptors (Lipinski definition) is 2. The van der Waals surface area contributed by atoms with Crippen LogP contribution in [0.15, 0.2) is 24.3 Å². The van der Waals surface area contributed by atoms with Gasteiger partial charge in [0.25, 0.3) is 5.91 Å². The quantitative estimate of drug-likeness (QED) is 0.779. The van der Waals surface area contributed by atoms with Crippen LogP contribution in [0, 0.1) is 0 Å². The maximum absolute atomic E-state index is 12.0. The van der Waals surface area contributed by atoms with Crippen molar-refractivity contribution in [2.75, 3.05) is 12.3 Å². The van der Waals surface area contributed by atoms with Gasteiger partial charge in [-0.25, -0.2) is 0 Å². The highest BCUT2D eigenvalue weighted by molar-refractivity contribution is 7.99. The molecule has 0 aromatic heterocycles. The smallest absolute Gasteiger partial charge is 0.257 e. The van der Waals surface area contributed by atoms with Crippen molar-refractivity contribution in [3.05, 3.63) is 35.4 Å². The predicted octanol–water partition coefficient (Wildman–Crippen LogP) is 4.19. The van der Waals surface area contributed by atoms with Crippen molar-refractivity contribution in [2.45, 2.75) is 30.0 Å². The van der Waals surface area contributed by atoms with Gasteiger partial charge in [-0.15, -0.1) is 11.8 Å². The second kappa shape index (κ2) is 6.38. The van der Waals surface area contributed by atoms with Gasteiger partial charge >= 0.3 is 0 Å². The molecule has 1 aromatic rings. The molecule has 2 nitrogen and oxygen atoms in total. The molecule has 0 N–H and O–H groups in total. The SMILES string of the molecule is CC(C)c1ccc([C@@H]2SCCN2C(=O)C(Cl)Cl)cc1. The molecule has 0 spiro atoms. The minimum absolute atomic E-state index is 0.0358. The summed E-state index contributed by atoms with van der Waals surface area (Å²) in [5.41, 5.74) is 2.44. The molecule has 1 aliphatic rings. The molecule has 0 bridgehead atoms. The average molecular weight is 318 g/mol. The average Bonchev–Trinajstić information content (AvgIpc) is 2.86. The molecule has 1 aliphatic heterocycles. The number of alkyl halides is 2. The first-order chi connectivity index (χ1) is 9.00. The second-order valence-corrected chi connectivity index (χ2v) is 7.16. The summed E-state index contributed by atoms with van der Waals surface area (Å²) in [4.78, 5) is 12.7. The zero-order valence-corrected chi connectivity index (χ0v) is 13.3. The lowest BCUT2D eigenvalue weighted by Gasteiger charge is -2.24. The number of amides is 1. The zero-order chi connectivity index (χ0) is 14.0. The molecule has 1 aromatic carbocycles. The Hall–Kier alpha value is -0.380. The standard InChI is InChI=1S/C14H17Cl2NOS/c1-9(2)10-3-5-11(6-4-10)14-17(7-8-19-14)13(18)12(15)16/h3-6,9,12,14H,7-8H2,1-2H3/t14-/m0/s1. The van der Waals surface area contributed by atoms with E-state index in [1.54, 1.807) is 16.7 Å². The highest BCUT2D eigenvalue weighted by atomic mass is 35.5. The summed E-state index contributed by atoms with van der Waals surface area (Å²) in [6.07, 6.45) is 0. The fourth-order valence-corrected chi connectivity index (χ4v) is 3.66. The van der Waals surface area contributed by atoms with E-state index >= 15 is 0 Å². The molecule has 19 heavy (non-hydrogen) atoms. The summed E-state index contributed by atoms with van der Waals surface area (Å²) in [5.74, 6) is 1.23. The molecule has 1 heterocycles. The molecule has 5 heteroatoms. The number of nitrogens with zero attached hydrogens (tertiary/aromatic N) is 1. The van der Waals surface area contributed by atoms with E-state index in [2.05, 4.69) is 38.1 Å². The molecule has 1 saturated heterocycles. The number of hydrogen-bond donors (Lipinski definition) is 0. The van der Waals surface area contributed by atoms with Gasteiger partial charge in [0.15, 0.2) is 4.84 Å². The van der Waals surface area contributed by atoms with Gasteiger partial charge in [-0.3, -0.25) is 4.79 Å². The summed E-state index contributed by atoms with van der Waals surface area (Å²) in [6, 6.07) is 8.44. The van der Waals surface area contributed by atoms with Crippen molar-refractivity contribution in [1.29, 1.82) is 0 Å². The third kappa shape index (κ3) is 3.39. The highest BCUT2D eigenvalue weighted by Crippen LogP contribution is 2.39. The molecule has 0 aliphatic carbocycles. The molecular weight excluding hydrogens is 301 g/mol. The van der Waals surface area contributed by atoms with E-state index in [4.69, 9.17) is 23.2 Å². The molecule has 104 valence electrons. The number of thioether (sulfide) groups is 1. The number of rotatable bonds is 3. The van der Waals surface area contributed by atoms with Gasteiger partial charge in [-0.1, -0.05) is 61.3 Å². The Morgan fingerprint density at radius 3 is 2.47 bits per heavy atom. The van der Waals surface area contributed by atoms with Gasteiger partial charge in [-0.05, 0) is 17.0 Å². The van der Waals surface area contributed by atoms with Crippen LogP contribution in [0.25, 0.3) is 0 Å². The van der Waals surface area contributed by atoms with Crippen LogP contribution in [-0.4, -0.2) is 27.9 Å². The third-order valence-corrected chi connectivity index (χ3v) is 4.88. The Morgan fingerprint density at radius 2 is 1.95 bits per heavy atom. The van der Waals surface area contributed by atoms with Gasteiger partial charge < -0.3 is 4.90 Å². The maximum Gasteiger partial charge on any atom is 0.257 e. The van der Waals surface area contributed by atoms with Crippen LogP contribution in [-0.2, 0) is 4.79 Å². The zero-order valence-electron chi connectivity index (χ0n) is 11.0. The number of benzene rings is 1. The maximum atomic E-state index is 12.0. The van der Waals surface area contributed by atoms with E-state index in [0.29, 0.717) is 12.5 Å². The Balaban J connectivity index is 2.18. The number of carbonyl (C=O) groups excluding carboxylic acids is 1. The van der Waals surface area contributed by atoms with E-state index in [-0.39, 0.29) is 11.3 Å². The lowest BCUT2D eigenvalue weighted by Crippen LogP contribution is -2.34. The Morgan fingerprint density at radius 1 is 1.32 bits per heavy atom. The van der Waals surface area contributed by atoms with Crippen LogP contribution >= 0.6 is 35.0 Å². The highest BCUT2D eigenvalue weighted by Gasteiger charge is 2.33. The number of carbonyl (C=O) groups is 1. The molecule has 0 saturated carbocycles. The van der Waals surface area contributed by atoms with Crippen molar-refractivity contribution < 1.29 is 4.79 Å². The largest absolute Gasteiger partial charge is 0.323 e. The van der Waals surface area contributed by atoms with Crippen LogP contribution in [0.5, 0.6) is 0 Å². The van der Waals surface area contributed by atoms with Crippen LogP contribution in [0.4, 0.5) is 0 Å². The van der Waals surface area contributed by atoms with Crippen LogP contribution in [0.3, 0.4) is 0 Å². The first-order valence-corrected chi connectivity index (χ1v) is 8.23. The van der Waals surface area contributed by atoms with Crippen molar-refractivity contribution in [2.24, 2.45) is 0 Å². The van der Waals surface area contributed by atoms with E-state index < -0.39 is 4.84 Å². The normalized spacial score (nSPS) is 19.5. The summed E-state index contributed by atoms with van der Waals surface area (Å²) in [6.45, 7) is 5.04. The van der Waals surface area contributed by atoms with Crippen molar-refractivity contribution in [3.63, 3.8) is 0 Å². The van der Waals surface area contributed by atoms with Gasteiger partial charge in [0.2, 0.25) is 0 Å². The van der Waals surface area contributed by atoms with Crippen molar-refractivity contribution >= 4 is 40.9 Å². The lowest BCUT2D eigenvalue weighted by atomic mass is 10.0.